The average molecular weight is 405 g/mol. The highest BCUT2D eigenvalue weighted by atomic mass is 19.4. The molecule has 0 radical (unpaired) electrons. The van der Waals surface area contributed by atoms with Gasteiger partial charge in [-0.15, -0.1) is 13.2 Å². The number of hydrogen-bond donors (Lipinski definition) is 3. The van der Waals surface area contributed by atoms with Crippen molar-refractivity contribution in [2.75, 3.05) is 18.9 Å². The number of alkyl halides is 3. The van der Waals surface area contributed by atoms with Crippen LogP contribution in [0.1, 0.15) is 22.0 Å². The number of fused-ring (bicyclic) bond motifs is 1. The predicted octanol–water partition coefficient (Wildman–Crippen LogP) is 3.00. The first-order chi connectivity index (χ1) is 13.8. The third-order valence-corrected chi connectivity index (χ3v) is 4.17. The van der Waals surface area contributed by atoms with Crippen molar-refractivity contribution in [1.82, 2.24) is 15.3 Å². The molecule has 0 bridgehead atoms. The van der Waals surface area contributed by atoms with Gasteiger partial charge >= 0.3 is 6.36 Å². The highest BCUT2D eigenvalue weighted by Crippen LogP contribution is 2.28. The molecule has 0 aliphatic carbocycles. The molecular formula is C19H18F3N5O2. The van der Waals surface area contributed by atoms with Gasteiger partial charge in [-0.3, -0.25) is 4.79 Å². The Morgan fingerprint density at radius 2 is 1.90 bits per heavy atom. The SMILES string of the molecule is CNC[C@@H](Nc1ncnc2c(C(N)=O)cccc12)c1ccc(OC(F)(F)F)cc1. The number of nitrogens with two attached hydrogens (primary N) is 1. The summed E-state index contributed by atoms with van der Waals surface area (Å²) in [4.78, 5) is 20.0. The summed E-state index contributed by atoms with van der Waals surface area (Å²) in [5.74, 6) is -0.440. The number of benzene rings is 2. The van der Waals surface area contributed by atoms with Crippen LogP contribution >= 0.6 is 0 Å². The van der Waals surface area contributed by atoms with E-state index in [1.54, 1.807) is 25.2 Å². The molecule has 1 amide bonds. The minimum Gasteiger partial charge on any atom is -0.406 e. The summed E-state index contributed by atoms with van der Waals surface area (Å²) in [5, 5.41) is 6.87. The van der Waals surface area contributed by atoms with Gasteiger partial charge in [-0.25, -0.2) is 9.97 Å². The summed E-state index contributed by atoms with van der Waals surface area (Å²) in [6.07, 6.45) is -3.43. The number of ether oxygens (including phenoxy) is 1. The molecule has 0 aliphatic rings. The highest BCUT2D eigenvalue weighted by Gasteiger charge is 2.31. The van der Waals surface area contributed by atoms with Gasteiger partial charge in [-0.2, -0.15) is 0 Å². The Hall–Kier alpha value is -3.40. The zero-order valence-corrected chi connectivity index (χ0v) is 15.3. The molecule has 3 rings (SSSR count). The molecule has 0 fully saturated rings. The fraction of sp³-hybridized carbons (Fsp3) is 0.211. The lowest BCUT2D eigenvalue weighted by molar-refractivity contribution is -0.274. The van der Waals surface area contributed by atoms with E-state index < -0.39 is 12.3 Å². The van der Waals surface area contributed by atoms with Gasteiger partial charge in [0, 0.05) is 11.9 Å². The number of aromatic nitrogens is 2. The molecule has 29 heavy (non-hydrogen) atoms. The summed E-state index contributed by atoms with van der Waals surface area (Å²) in [5.41, 5.74) is 6.80. The van der Waals surface area contributed by atoms with E-state index in [0.29, 0.717) is 28.8 Å². The Bertz CT molecular complexity index is 1010. The molecular weight excluding hydrogens is 387 g/mol. The van der Waals surface area contributed by atoms with E-state index in [2.05, 4.69) is 25.3 Å². The first-order valence-corrected chi connectivity index (χ1v) is 8.59. The number of hydrogen-bond acceptors (Lipinski definition) is 6. The van der Waals surface area contributed by atoms with Crippen LogP contribution < -0.4 is 21.1 Å². The molecule has 0 spiro atoms. The maximum atomic E-state index is 12.4. The summed E-state index contributed by atoms with van der Waals surface area (Å²) in [7, 11) is 1.75. The quantitative estimate of drug-likeness (QED) is 0.559. The van der Waals surface area contributed by atoms with Crippen LogP contribution in [0, 0.1) is 0 Å². The number of likely N-dealkylation sites (N-methyl/N-ethyl adjacent to an activating group) is 1. The Kier molecular flexibility index (Phi) is 5.83. The average Bonchev–Trinajstić information content (AvgIpc) is 2.66. The van der Waals surface area contributed by atoms with Crippen LogP contribution in [0.4, 0.5) is 19.0 Å². The molecule has 1 aromatic heterocycles. The van der Waals surface area contributed by atoms with E-state index >= 15 is 0 Å². The monoisotopic (exact) mass is 405 g/mol. The fourth-order valence-electron chi connectivity index (χ4n) is 2.92. The summed E-state index contributed by atoms with van der Waals surface area (Å²) >= 11 is 0. The van der Waals surface area contributed by atoms with Crippen LogP contribution in [0.3, 0.4) is 0 Å². The number of para-hydroxylation sites is 1. The molecule has 0 saturated carbocycles. The molecule has 7 nitrogen and oxygen atoms in total. The number of nitrogens with one attached hydrogen (secondary N) is 2. The molecule has 1 atom stereocenters. The van der Waals surface area contributed by atoms with Crippen molar-refractivity contribution >= 4 is 22.6 Å². The number of carbonyl (C=O) groups is 1. The van der Waals surface area contributed by atoms with Crippen molar-refractivity contribution in [2.24, 2.45) is 5.73 Å². The van der Waals surface area contributed by atoms with Crippen molar-refractivity contribution in [3.05, 3.63) is 59.9 Å². The van der Waals surface area contributed by atoms with Crippen molar-refractivity contribution in [1.29, 1.82) is 0 Å². The van der Waals surface area contributed by atoms with Crippen molar-refractivity contribution < 1.29 is 22.7 Å². The van der Waals surface area contributed by atoms with Crippen LogP contribution in [-0.4, -0.2) is 35.8 Å². The third-order valence-electron chi connectivity index (χ3n) is 4.17. The largest absolute Gasteiger partial charge is 0.573 e. The number of nitrogens with zero attached hydrogens (tertiary/aromatic N) is 2. The number of halogens is 3. The van der Waals surface area contributed by atoms with Gasteiger partial charge < -0.3 is 21.1 Å². The first kappa shape index (κ1) is 20.3. The van der Waals surface area contributed by atoms with Gasteiger partial charge in [-0.05, 0) is 36.9 Å². The van der Waals surface area contributed by atoms with Crippen LogP contribution in [-0.2, 0) is 0 Å². The summed E-state index contributed by atoms with van der Waals surface area (Å²) in [6, 6.07) is 10.2. The maximum absolute atomic E-state index is 12.4. The molecule has 0 saturated heterocycles. The van der Waals surface area contributed by atoms with Crippen molar-refractivity contribution in [3.63, 3.8) is 0 Å². The number of primary amides is 1. The molecule has 0 unspecified atom stereocenters. The summed E-state index contributed by atoms with van der Waals surface area (Å²) < 4.78 is 41.0. The first-order valence-electron chi connectivity index (χ1n) is 8.59. The van der Waals surface area contributed by atoms with Gasteiger partial charge in [0.05, 0.1) is 17.1 Å². The zero-order valence-electron chi connectivity index (χ0n) is 15.3. The maximum Gasteiger partial charge on any atom is 0.573 e. The van der Waals surface area contributed by atoms with Gasteiger partial charge in [-0.1, -0.05) is 18.2 Å². The van der Waals surface area contributed by atoms with E-state index in [9.17, 15) is 18.0 Å². The van der Waals surface area contributed by atoms with Crippen molar-refractivity contribution in [2.45, 2.75) is 12.4 Å². The zero-order chi connectivity index (χ0) is 21.0. The minimum absolute atomic E-state index is 0.270. The summed E-state index contributed by atoms with van der Waals surface area (Å²) in [6.45, 7) is 0.459. The van der Waals surface area contributed by atoms with E-state index in [-0.39, 0.29) is 17.4 Å². The van der Waals surface area contributed by atoms with Gasteiger partial charge in [0.25, 0.3) is 5.91 Å². The molecule has 2 aromatic carbocycles. The normalized spacial score (nSPS) is 12.6. The number of rotatable bonds is 7. The number of amides is 1. The third kappa shape index (κ3) is 4.91. The van der Waals surface area contributed by atoms with Crippen LogP contribution in [0.2, 0.25) is 0 Å². The predicted molar refractivity (Wildman–Crippen MR) is 101 cm³/mol. The van der Waals surface area contributed by atoms with E-state index in [0.717, 1.165) is 0 Å². The van der Waals surface area contributed by atoms with E-state index in [1.165, 1.54) is 30.6 Å². The Morgan fingerprint density at radius 3 is 2.52 bits per heavy atom. The number of carbonyl (C=O) groups excluding carboxylic acids is 1. The molecule has 1 heterocycles. The minimum atomic E-state index is -4.75. The lowest BCUT2D eigenvalue weighted by atomic mass is 10.1. The smallest absolute Gasteiger partial charge is 0.406 e. The Balaban J connectivity index is 1.92. The second-order valence-electron chi connectivity index (χ2n) is 6.16. The standard InChI is InChI=1S/C19H18F3N5O2/c1-24-9-15(11-5-7-12(8-6-11)29-19(20,21)22)27-18-14-4-2-3-13(17(23)28)16(14)25-10-26-18/h2-8,10,15,24H,9H2,1H3,(H2,23,28)(H,25,26,27)/t15-/m1/s1. The molecule has 4 N–H and O–H groups in total. The fourth-order valence-corrected chi connectivity index (χ4v) is 2.92. The van der Waals surface area contributed by atoms with Crippen molar-refractivity contribution in [3.8, 4) is 5.75 Å². The van der Waals surface area contributed by atoms with E-state index in [4.69, 9.17) is 5.73 Å². The van der Waals surface area contributed by atoms with Gasteiger partial charge in [0.1, 0.15) is 17.9 Å². The second kappa shape index (κ2) is 8.31. The Morgan fingerprint density at radius 1 is 1.17 bits per heavy atom. The highest BCUT2D eigenvalue weighted by molar-refractivity contribution is 6.06. The molecule has 3 aromatic rings. The van der Waals surface area contributed by atoms with E-state index in [1.807, 2.05) is 0 Å². The molecule has 0 aliphatic heterocycles. The topological polar surface area (TPSA) is 102 Å². The Labute approximate surface area is 164 Å². The molecule has 152 valence electrons. The lowest BCUT2D eigenvalue weighted by Crippen LogP contribution is -2.24. The lowest BCUT2D eigenvalue weighted by Gasteiger charge is -2.21. The van der Waals surface area contributed by atoms with Gasteiger partial charge in [0.2, 0.25) is 0 Å². The van der Waals surface area contributed by atoms with Crippen LogP contribution in [0.5, 0.6) is 5.75 Å². The second-order valence-corrected chi connectivity index (χ2v) is 6.16. The molecule has 10 heteroatoms. The van der Waals surface area contributed by atoms with Crippen LogP contribution in [0.25, 0.3) is 10.9 Å². The number of anilines is 1. The van der Waals surface area contributed by atoms with Crippen LogP contribution in [0.15, 0.2) is 48.8 Å². The van der Waals surface area contributed by atoms with Gasteiger partial charge in [0.15, 0.2) is 0 Å².